The molecule has 1 aliphatic heterocycles. The minimum Gasteiger partial charge on any atom is -0.327 e. The van der Waals surface area contributed by atoms with Crippen molar-refractivity contribution >= 4 is 18.1 Å². The lowest BCUT2D eigenvalue weighted by Gasteiger charge is -2.14. The number of aromatic amines is 1. The normalized spacial score (nSPS) is 15.2. The molecule has 0 atom stereocenters. The highest BCUT2D eigenvalue weighted by Gasteiger charge is 2.27. The Balaban J connectivity index is 1.92. The molecule has 0 aliphatic carbocycles. The number of nitrogens with zero attached hydrogens (tertiary/aromatic N) is 2. The van der Waals surface area contributed by atoms with E-state index in [-0.39, 0.29) is 11.5 Å². The largest absolute Gasteiger partial charge is 0.327 e. The van der Waals surface area contributed by atoms with Crippen molar-refractivity contribution < 1.29 is 4.79 Å². The van der Waals surface area contributed by atoms with E-state index >= 15 is 0 Å². The van der Waals surface area contributed by atoms with Crippen molar-refractivity contribution in [3.63, 3.8) is 0 Å². The SMILES string of the molecule is C/C=c1/nc(CN2Cc3ccccc3C2=O)[nH]c(=O)/c1=C/CCC. The van der Waals surface area contributed by atoms with Crippen molar-refractivity contribution in [3.05, 3.63) is 62.1 Å². The Morgan fingerprint density at radius 1 is 1.29 bits per heavy atom. The van der Waals surface area contributed by atoms with Gasteiger partial charge in [-0.3, -0.25) is 9.59 Å². The Hall–Kier alpha value is -2.69. The Morgan fingerprint density at radius 3 is 2.79 bits per heavy atom. The molecule has 3 rings (SSSR count). The molecular weight excluding hydrogens is 302 g/mol. The first kappa shape index (κ1) is 16.2. The second-order valence-corrected chi connectivity index (χ2v) is 5.91. The van der Waals surface area contributed by atoms with Gasteiger partial charge in [0.05, 0.1) is 17.1 Å². The highest BCUT2D eigenvalue weighted by Crippen LogP contribution is 2.22. The van der Waals surface area contributed by atoms with E-state index in [1.165, 1.54) is 0 Å². The van der Waals surface area contributed by atoms with Gasteiger partial charge in [-0.25, -0.2) is 4.98 Å². The second kappa shape index (κ2) is 6.83. The van der Waals surface area contributed by atoms with E-state index < -0.39 is 0 Å². The highest BCUT2D eigenvalue weighted by molar-refractivity contribution is 5.98. The van der Waals surface area contributed by atoms with Gasteiger partial charge in [-0.05, 0) is 25.0 Å². The summed E-state index contributed by atoms with van der Waals surface area (Å²) in [6.07, 6.45) is 5.57. The van der Waals surface area contributed by atoms with E-state index in [1.807, 2.05) is 43.3 Å². The van der Waals surface area contributed by atoms with Crippen molar-refractivity contribution in [1.82, 2.24) is 14.9 Å². The van der Waals surface area contributed by atoms with Crippen LogP contribution in [0.25, 0.3) is 12.2 Å². The summed E-state index contributed by atoms with van der Waals surface area (Å²) in [6, 6.07) is 7.58. The molecule has 2 heterocycles. The van der Waals surface area contributed by atoms with Crippen LogP contribution in [-0.2, 0) is 13.1 Å². The zero-order chi connectivity index (χ0) is 17.1. The van der Waals surface area contributed by atoms with E-state index in [1.54, 1.807) is 4.90 Å². The van der Waals surface area contributed by atoms with E-state index in [9.17, 15) is 9.59 Å². The van der Waals surface area contributed by atoms with Gasteiger partial charge in [0.25, 0.3) is 11.5 Å². The number of hydrogen-bond acceptors (Lipinski definition) is 3. The predicted octanol–water partition coefficient (Wildman–Crippen LogP) is 1.31. The number of nitrogens with one attached hydrogen (secondary N) is 1. The number of carbonyl (C=O) groups is 1. The molecule has 1 aromatic heterocycles. The molecule has 0 unspecified atom stereocenters. The van der Waals surface area contributed by atoms with Crippen molar-refractivity contribution in [2.75, 3.05) is 0 Å². The van der Waals surface area contributed by atoms with Gasteiger partial charge >= 0.3 is 0 Å². The fourth-order valence-corrected chi connectivity index (χ4v) is 2.95. The zero-order valence-corrected chi connectivity index (χ0v) is 14.0. The van der Waals surface area contributed by atoms with Crippen molar-refractivity contribution in [1.29, 1.82) is 0 Å². The van der Waals surface area contributed by atoms with Gasteiger partial charge in [-0.15, -0.1) is 0 Å². The zero-order valence-electron chi connectivity index (χ0n) is 14.0. The van der Waals surface area contributed by atoms with Crippen molar-refractivity contribution in [2.45, 2.75) is 39.8 Å². The lowest BCUT2D eigenvalue weighted by molar-refractivity contribution is 0.0762. The van der Waals surface area contributed by atoms with Gasteiger partial charge in [-0.1, -0.05) is 43.7 Å². The van der Waals surface area contributed by atoms with Crippen LogP contribution in [0.2, 0.25) is 0 Å². The number of fused-ring (bicyclic) bond motifs is 1. The monoisotopic (exact) mass is 323 g/mol. The van der Waals surface area contributed by atoms with E-state index in [0.717, 1.165) is 24.0 Å². The smallest absolute Gasteiger partial charge is 0.258 e. The highest BCUT2D eigenvalue weighted by atomic mass is 16.2. The standard InChI is InChI=1S/C19H21N3O2/c1-3-5-9-15-16(4-2)20-17(21-18(15)23)12-22-11-13-8-6-7-10-14(13)19(22)24/h4,6-10H,3,5,11-12H2,1-2H3,(H,20,21,23)/b15-9+,16-4+. The maximum Gasteiger partial charge on any atom is 0.258 e. The lowest BCUT2D eigenvalue weighted by Crippen LogP contribution is -2.44. The van der Waals surface area contributed by atoms with Gasteiger partial charge in [0.15, 0.2) is 0 Å². The fraction of sp³-hybridized carbons (Fsp3) is 0.316. The Kier molecular flexibility index (Phi) is 4.60. The molecule has 1 N–H and O–H groups in total. The minimum atomic E-state index is -0.147. The first-order valence-corrected chi connectivity index (χ1v) is 8.27. The van der Waals surface area contributed by atoms with Gasteiger partial charge in [0.2, 0.25) is 0 Å². The fourth-order valence-electron chi connectivity index (χ4n) is 2.95. The molecular formula is C19H21N3O2. The van der Waals surface area contributed by atoms with Crippen LogP contribution in [0.5, 0.6) is 0 Å². The van der Waals surface area contributed by atoms with Crippen LogP contribution in [0.4, 0.5) is 0 Å². The maximum atomic E-state index is 12.4. The van der Waals surface area contributed by atoms with Gasteiger partial charge < -0.3 is 9.88 Å². The van der Waals surface area contributed by atoms with Crippen molar-refractivity contribution in [3.8, 4) is 0 Å². The number of aromatic nitrogens is 2. The number of hydrogen-bond donors (Lipinski definition) is 1. The van der Waals surface area contributed by atoms with Crippen LogP contribution in [0.1, 0.15) is 48.4 Å². The maximum absolute atomic E-state index is 12.4. The van der Waals surface area contributed by atoms with Gasteiger partial charge in [-0.2, -0.15) is 0 Å². The molecule has 0 saturated carbocycles. The molecule has 1 aliphatic rings. The Bertz CT molecular complexity index is 944. The summed E-state index contributed by atoms with van der Waals surface area (Å²) < 4.78 is 0. The second-order valence-electron chi connectivity index (χ2n) is 5.91. The molecule has 0 bridgehead atoms. The number of H-pyrrole nitrogens is 1. The summed E-state index contributed by atoms with van der Waals surface area (Å²) in [5.74, 6) is 0.500. The van der Waals surface area contributed by atoms with E-state index in [0.29, 0.717) is 29.5 Å². The van der Waals surface area contributed by atoms with Crippen LogP contribution in [-0.4, -0.2) is 20.8 Å². The van der Waals surface area contributed by atoms with Crippen LogP contribution in [0, 0.1) is 0 Å². The van der Waals surface area contributed by atoms with Crippen LogP contribution >= 0.6 is 0 Å². The van der Waals surface area contributed by atoms with Crippen LogP contribution in [0.15, 0.2) is 29.1 Å². The van der Waals surface area contributed by atoms with E-state index in [2.05, 4.69) is 16.9 Å². The predicted molar refractivity (Wildman–Crippen MR) is 93.6 cm³/mol. The van der Waals surface area contributed by atoms with Gasteiger partial charge in [0.1, 0.15) is 5.82 Å². The lowest BCUT2D eigenvalue weighted by atomic mass is 10.1. The van der Waals surface area contributed by atoms with Crippen LogP contribution in [0.3, 0.4) is 0 Å². The average molecular weight is 323 g/mol. The third-order valence-electron chi connectivity index (χ3n) is 4.18. The summed E-state index contributed by atoms with van der Waals surface area (Å²) in [4.78, 5) is 33.8. The molecule has 124 valence electrons. The van der Waals surface area contributed by atoms with Crippen molar-refractivity contribution in [2.24, 2.45) is 0 Å². The average Bonchev–Trinajstić information content (AvgIpc) is 2.90. The summed E-state index contributed by atoms with van der Waals surface area (Å²) >= 11 is 0. The van der Waals surface area contributed by atoms with E-state index in [4.69, 9.17) is 0 Å². The molecule has 0 saturated heterocycles. The summed E-state index contributed by atoms with van der Waals surface area (Å²) in [5, 5.41) is 1.28. The number of unbranched alkanes of at least 4 members (excludes halogenated alkanes) is 1. The first-order valence-electron chi connectivity index (χ1n) is 8.27. The first-order chi connectivity index (χ1) is 11.6. The Labute approximate surface area is 140 Å². The molecule has 5 nitrogen and oxygen atoms in total. The number of amides is 1. The number of rotatable bonds is 4. The Morgan fingerprint density at radius 2 is 2.08 bits per heavy atom. The summed E-state index contributed by atoms with van der Waals surface area (Å²) in [7, 11) is 0. The number of benzene rings is 1. The molecule has 5 heteroatoms. The van der Waals surface area contributed by atoms with Crippen LogP contribution < -0.4 is 16.1 Å². The quantitative estimate of drug-likeness (QED) is 0.922. The number of carbonyl (C=O) groups excluding carboxylic acids is 1. The van der Waals surface area contributed by atoms with Gasteiger partial charge in [0, 0.05) is 12.1 Å². The summed E-state index contributed by atoms with van der Waals surface area (Å²) in [5.41, 5.74) is 1.60. The molecule has 0 fully saturated rings. The molecule has 0 spiro atoms. The molecule has 1 amide bonds. The third-order valence-corrected chi connectivity index (χ3v) is 4.18. The molecule has 2 aromatic rings. The minimum absolute atomic E-state index is 0.0168. The molecule has 1 aromatic carbocycles. The topological polar surface area (TPSA) is 66.1 Å². The summed E-state index contributed by atoms with van der Waals surface area (Å²) in [6.45, 7) is 4.79. The molecule has 24 heavy (non-hydrogen) atoms. The molecule has 0 radical (unpaired) electrons. The third kappa shape index (κ3) is 3.02.